The monoisotopic (exact) mass is 346 g/mol. The van der Waals surface area contributed by atoms with Gasteiger partial charge >= 0.3 is 0 Å². The topological polar surface area (TPSA) is 51.2 Å². The van der Waals surface area contributed by atoms with Crippen LogP contribution < -0.4 is 9.57 Å². The van der Waals surface area contributed by atoms with Gasteiger partial charge in [-0.2, -0.15) is 0 Å². The first kappa shape index (κ1) is 15.8. The summed E-state index contributed by atoms with van der Waals surface area (Å²) in [4.78, 5) is 17.9. The highest BCUT2D eigenvalue weighted by Crippen LogP contribution is 2.24. The lowest BCUT2D eigenvalue weighted by Crippen LogP contribution is -2.14. The highest BCUT2D eigenvalue weighted by Gasteiger charge is 2.06. The van der Waals surface area contributed by atoms with Crippen LogP contribution >= 0.6 is 23.1 Å². The van der Waals surface area contributed by atoms with Crippen molar-refractivity contribution < 1.29 is 9.53 Å². The number of carbonyl (C=O) groups excluding carboxylic acids is 1. The Morgan fingerprint density at radius 3 is 2.78 bits per heavy atom. The Morgan fingerprint density at radius 1 is 1.26 bits per heavy atom. The van der Waals surface area contributed by atoms with Gasteiger partial charge in [-0.25, -0.2) is 4.98 Å². The number of amides is 1. The van der Waals surface area contributed by atoms with E-state index in [2.05, 4.69) is 34.9 Å². The second-order valence-corrected chi connectivity index (χ2v) is 6.51. The van der Waals surface area contributed by atoms with Gasteiger partial charge < -0.3 is 4.74 Å². The fourth-order valence-corrected chi connectivity index (χ4v) is 3.14. The quantitative estimate of drug-likeness (QED) is 0.710. The maximum absolute atomic E-state index is 11.2. The predicted molar refractivity (Wildman–Crippen MR) is 92.8 cm³/mol. The molecule has 4 nitrogen and oxygen atoms in total. The van der Waals surface area contributed by atoms with Crippen LogP contribution in [0.4, 0.5) is 0 Å². The molecule has 0 spiro atoms. The van der Waals surface area contributed by atoms with E-state index in [0.717, 1.165) is 26.5 Å². The van der Waals surface area contributed by atoms with Gasteiger partial charge in [0.1, 0.15) is 17.4 Å². The van der Waals surface area contributed by atoms with E-state index >= 15 is 0 Å². The smallest absolute Gasteiger partial charge is 0.238 e. The zero-order valence-corrected chi connectivity index (χ0v) is 14.1. The second-order valence-electron chi connectivity index (χ2n) is 5.21. The Balaban J connectivity index is 1.63. The highest BCUT2D eigenvalue weighted by atomic mass is 35.5. The van der Waals surface area contributed by atoms with Crippen molar-refractivity contribution in [3.63, 3.8) is 0 Å². The summed E-state index contributed by atoms with van der Waals surface area (Å²) >= 11 is 6.90. The molecule has 0 aliphatic heterocycles. The van der Waals surface area contributed by atoms with Crippen LogP contribution in [0.15, 0.2) is 42.5 Å². The lowest BCUT2D eigenvalue weighted by molar-refractivity contribution is -0.118. The average molecular weight is 347 g/mol. The number of carbonyl (C=O) groups is 1. The fraction of sp³-hybridized carbons (Fsp3) is 0.176. The van der Waals surface area contributed by atoms with Crippen molar-refractivity contribution in [2.45, 2.75) is 20.0 Å². The largest absolute Gasteiger partial charge is 0.486 e. The molecule has 118 valence electrons. The van der Waals surface area contributed by atoms with E-state index in [1.165, 1.54) is 5.56 Å². The molecule has 2 aromatic carbocycles. The summed E-state index contributed by atoms with van der Waals surface area (Å²) in [6, 6.07) is 13.6. The number of halogens is 1. The molecule has 3 rings (SSSR count). The zero-order valence-electron chi connectivity index (χ0n) is 12.5. The first-order valence-electron chi connectivity index (χ1n) is 7.11. The molecule has 6 heteroatoms. The number of aryl methyl sites for hydroxylation is 1. The zero-order chi connectivity index (χ0) is 16.2. The summed E-state index contributed by atoms with van der Waals surface area (Å²) in [5.74, 6) is 0.514. The molecule has 1 amide bonds. The van der Waals surface area contributed by atoms with E-state index < -0.39 is 0 Å². The van der Waals surface area contributed by atoms with E-state index in [1.54, 1.807) is 11.3 Å². The molecule has 0 atom stereocenters. The number of rotatable bonds is 5. The Labute approximate surface area is 143 Å². The van der Waals surface area contributed by atoms with Crippen molar-refractivity contribution in [1.29, 1.82) is 0 Å². The second kappa shape index (κ2) is 6.98. The summed E-state index contributed by atoms with van der Waals surface area (Å²) in [6.45, 7) is 2.49. The standard InChI is InChI=1S/C17H15ClN2O2S/c1-11-2-7-15-14(8-11)19-17(23-15)10-22-13-5-3-12(4-6-13)9-16(21)20-18/h2-8H,9-10H2,1H3,(H,20,21). The number of nitrogens with one attached hydrogen (secondary N) is 1. The fourth-order valence-electron chi connectivity index (χ4n) is 2.21. The molecule has 23 heavy (non-hydrogen) atoms. The Bertz CT molecular complexity index is 830. The molecule has 0 bridgehead atoms. The van der Waals surface area contributed by atoms with Crippen LogP contribution in [0.2, 0.25) is 0 Å². The molecular formula is C17H15ClN2O2S. The van der Waals surface area contributed by atoms with E-state index in [0.29, 0.717) is 6.61 Å². The van der Waals surface area contributed by atoms with Gasteiger partial charge in [-0.05, 0) is 42.3 Å². The predicted octanol–water partition coefficient (Wildman–Crippen LogP) is 4.00. The van der Waals surface area contributed by atoms with Crippen molar-refractivity contribution in [2.75, 3.05) is 0 Å². The van der Waals surface area contributed by atoms with Gasteiger partial charge in [0.25, 0.3) is 0 Å². The maximum Gasteiger partial charge on any atom is 0.238 e. The normalized spacial score (nSPS) is 10.7. The third kappa shape index (κ3) is 4.00. The number of hydrogen-bond donors (Lipinski definition) is 1. The van der Waals surface area contributed by atoms with Crippen LogP contribution in [0.5, 0.6) is 5.75 Å². The van der Waals surface area contributed by atoms with Gasteiger partial charge in [-0.15, -0.1) is 11.3 Å². The van der Waals surface area contributed by atoms with Crippen LogP contribution in [0.3, 0.4) is 0 Å². The van der Waals surface area contributed by atoms with Crippen molar-refractivity contribution in [2.24, 2.45) is 0 Å². The molecule has 0 unspecified atom stereocenters. The minimum Gasteiger partial charge on any atom is -0.486 e. The minimum atomic E-state index is -0.231. The first-order valence-corrected chi connectivity index (χ1v) is 8.31. The number of hydrogen-bond acceptors (Lipinski definition) is 4. The number of fused-ring (bicyclic) bond motifs is 1. The summed E-state index contributed by atoms with van der Waals surface area (Å²) in [5.41, 5.74) is 3.09. The summed E-state index contributed by atoms with van der Waals surface area (Å²) < 4.78 is 6.92. The number of thiazole rings is 1. The van der Waals surface area contributed by atoms with E-state index in [1.807, 2.05) is 24.3 Å². The first-order chi connectivity index (χ1) is 11.1. The average Bonchev–Trinajstić information content (AvgIpc) is 2.96. The van der Waals surface area contributed by atoms with Crippen LogP contribution in [-0.2, 0) is 17.8 Å². The molecule has 0 aliphatic rings. The van der Waals surface area contributed by atoms with Crippen LogP contribution in [-0.4, -0.2) is 10.9 Å². The Morgan fingerprint density at radius 2 is 2.04 bits per heavy atom. The third-order valence-corrected chi connectivity index (χ3v) is 4.56. The number of benzene rings is 2. The maximum atomic E-state index is 11.2. The highest BCUT2D eigenvalue weighted by molar-refractivity contribution is 7.18. The number of aromatic nitrogens is 1. The molecule has 1 heterocycles. The Hall–Kier alpha value is -2.11. The van der Waals surface area contributed by atoms with E-state index in [9.17, 15) is 4.79 Å². The molecule has 1 N–H and O–H groups in total. The molecule has 0 radical (unpaired) electrons. The van der Waals surface area contributed by atoms with Crippen molar-refractivity contribution >= 4 is 39.2 Å². The van der Waals surface area contributed by atoms with Crippen LogP contribution in [0.1, 0.15) is 16.1 Å². The van der Waals surface area contributed by atoms with Gasteiger partial charge in [0, 0.05) is 11.8 Å². The lowest BCUT2D eigenvalue weighted by atomic mass is 10.1. The third-order valence-electron chi connectivity index (χ3n) is 3.34. The SMILES string of the molecule is Cc1ccc2sc(COc3ccc(CC(=O)NCl)cc3)nc2c1. The van der Waals surface area contributed by atoms with Gasteiger partial charge in [0.15, 0.2) is 0 Å². The van der Waals surface area contributed by atoms with E-state index in [4.69, 9.17) is 16.5 Å². The van der Waals surface area contributed by atoms with Gasteiger partial charge in [0.2, 0.25) is 5.91 Å². The van der Waals surface area contributed by atoms with Crippen LogP contribution in [0, 0.1) is 6.92 Å². The number of ether oxygens (including phenoxy) is 1. The molecular weight excluding hydrogens is 332 g/mol. The number of nitrogens with zero attached hydrogens (tertiary/aromatic N) is 1. The lowest BCUT2D eigenvalue weighted by Gasteiger charge is -2.05. The van der Waals surface area contributed by atoms with Crippen molar-refractivity contribution in [3.8, 4) is 5.75 Å². The van der Waals surface area contributed by atoms with Gasteiger partial charge in [0.05, 0.1) is 16.6 Å². The molecule has 1 aromatic heterocycles. The molecule has 0 aliphatic carbocycles. The molecule has 0 saturated carbocycles. The molecule has 0 fully saturated rings. The minimum absolute atomic E-state index is 0.231. The summed E-state index contributed by atoms with van der Waals surface area (Å²) in [6.07, 6.45) is 0.251. The van der Waals surface area contributed by atoms with Crippen molar-refractivity contribution in [3.05, 3.63) is 58.6 Å². The summed E-state index contributed by atoms with van der Waals surface area (Å²) in [7, 11) is 0. The Kier molecular flexibility index (Phi) is 4.79. The molecule has 3 aromatic rings. The van der Waals surface area contributed by atoms with Gasteiger partial charge in [-0.1, -0.05) is 18.2 Å². The van der Waals surface area contributed by atoms with Crippen molar-refractivity contribution in [1.82, 2.24) is 9.82 Å². The molecule has 0 saturated heterocycles. The van der Waals surface area contributed by atoms with Crippen LogP contribution in [0.25, 0.3) is 10.2 Å². The van der Waals surface area contributed by atoms with Gasteiger partial charge in [-0.3, -0.25) is 9.63 Å². The summed E-state index contributed by atoms with van der Waals surface area (Å²) in [5, 5.41) is 0.941. The van der Waals surface area contributed by atoms with E-state index in [-0.39, 0.29) is 12.3 Å².